The van der Waals surface area contributed by atoms with Crippen LogP contribution in [0.5, 0.6) is 0 Å². The van der Waals surface area contributed by atoms with Crippen molar-refractivity contribution < 1.29 is 63.5 Å². The number of carbonyl (C=O) groups is 8. The quantitative estimate of drug-likeness (QED) is 0.0501. The standard InChI is InChI=1S/C20H10ClNO6.C12H5ClO3.C8H7NO4/c21-15-5-4-14-16-12(15)2-1-3-13(16)17(23)22(18(14)24)11-7-9(19(25)26)6-10(8-11)20(27)28;13-9-5-4-8-10-6(9)2-1-3-7(10)11(14)16-12(8)15;9-6-2-4(7(10)11)1-5(3-6)8(12)13/h1-8H,(H,25,26)(H,27,28);1-5H;1-3H,9H2,(H,10,11)(H,12,13). The van der Waals surface area contributed by atoms with Gasteiger partial charge in [0.15, 0.2) is 0 Å². The Morgan fingerprint density at radius 1 is 0.509 bits per heavy atom. The Labute approximate surface area is 328 Å². The number of hydrogen-bond donors (Lipinski definition) is 5. The molecule has 15 nitrogen and oxygen atoms in total. The molecule has 0 saturated heterocycles. The van der Waals surface area contributed by atoms with E-state index in [0.717, 1.165) is 29.2 Å². The third-order valence-corrected chi connectivity index (χ3v) is 9.25. The Bertz CT molecular complexity index is 2710. The number of nitrogens with zero attached hydrogens (tertiary/aromatic N) is 1. The number of nitrogens with two attached hydrogens (primary N) is 1. The zero-order valence-electron chi connectivity index (χ0n) is 28.5. The summed E-state index contributed by atoms with van der Waals surface area (Å²) in [5.74, 6) is -7.78. The van der Waals surface area contributed by atoms with Crippen molar-refractivity contribution >= 4 is 104 Å². The summed E-state index contributed by atoms with van der Waals surface area (Å²) in [4.78, 5) is 93.6. The summed E-state index contributed by atoms with van der Waals surface area (Å²) in [6.45, 7) is 0. The van der Waals surface area contributed by atoms with Crippen molar-refractivity contribution in [3.8, 4) is 0 Å². The lowest BCUT2D eigenvalue weighted by Gasteiger charge is -2.27. The number of imide groups is 1. The van der Waals surface area contributed by atoms with Gasteiger partial charge in [-0.15, -0.1) is 0 Å². The van der Waals surface area contributed by atoms with E-state index in [9.17, 15) is 48.6 Å². The average molecular weight is 810 g/mol. The highest BCUT2D eigenvalue weighted by Gasteiger charge is 2.35. The first kappa shape index (κ1) is 39.1. The number of esters is 2. The Kier molecular flexibility index (Phi) is 10.5. The van der Waals surface area contributed by atoms with Crippen molar-refractivity contribution in [1.29, 1.82) is 0 Å². The van der Waals surface area contributed by atoms with Crippen molar-refractivity contribution in [2.24, 2.45) is 0 Å². The number of rotatable bonds is 5. The van der Waals surface area contributed by atoms with Gasteiger partial charge in [-0.3, -0.25) is 9.59 Å². The van der Waals surface area contributed by atoms with Crippen LogP contribution >= 0.6 is 23.2 Å². The molecule has 0 aliphatic carbocycles. The van der Waals surface area contributed by atoms with Gasteiger partial charge in [0.2, 0.25) is 0 Å². The van der Waals surface area contributed by atoms with E-state index in [0.29, 0.717) is 42.7 Å². The predicted molar refractivity (Wildman–Crippen MR) is 204 cm³/mol. The molecule has 6 aromatic carbocycles. The monoisotopic (exact) mass is 808 g/mol. The first-order valence-electron chi connectivity index (χ1n) is 16.0. The third kappa shape index (κ3) is 7.43. The van der Waals surface area contributed by atoms with E-state index in [1.165, 1.54) is 30.3 Å². The van der Waals surface area contributed by atoms with Crippen molar-refractivity contribution in [3.05, 3.63) is 152 Å². The Morgan fingerprint density at radius 2 is 0.877 bits per heavy atom. The van der Waals surface area contributed by atoms with Gasteiger partial charge in [0.05, 0.1) is 39.1 Å². The van der Waals surface area contributed by atoms with Gasteiger partial charge < -0.3 is 30.9 Å². The highest BCUT2D eigenvalue weighted by Crippen LogP contribution is 2.37. The van der Waals surface area contributed by atoms with Crippen LogP contribution in [0.25, 0.3) is 21.5 Å². The maximum atomic E-state index is 13.1. The molecule has 0 saturated carbocycles. The third-order valence-electron chi connectivity index (χ3n) is 8.59. The summed E-state index contributed by atoms with van der Waals surface area (Å²) < 4.78 is 4.62. The molecule has 57 heavy (non-hydrogen) atoms. The van der Waals surface area contributed by atoms with E-state index in [-0.39, 0.29) is 44.8 Å². The fourth-order valence-corrected chi connectivity index (χ4v) is 6.53. The average Bonchev–Trinajstić information content (AvgIpc) is 3.17. The van der Waals surface area contributed by atoms with Crippen molar-refractivity contribution in [2.45, 2.75) is 0 Å². The molecule has 0 aromatic heterocycles. The first-order chi connectivity index (χ1) is 27.0. The molecule has 284 valence electrons. The molecule has 2 amide bonds. The fourth-order valence-electron chi connectivity index (χ4n) is 6.09. The number of nitrogen functional groups attached to an aromatic ring is 1. The van der Waals surface area contributed by atoms with Crippen LogP contribution < -0.4 is 10.6 Å². The second-order valence-corrected chi connectivity index (χ2v) is 12.9. The number of halogens is 2. The number of benzene rings is 6. The normalized spacial score (nSPS) is 12.6. The number of ether oxygens (including phenoxy) is 1. The molecule has 6 aromatic rings. The number of hydrogen-bond acceptors (Lipinski definition) is 10. The van der Waals surface area contributed by atoms with Crippen LogP contribution in [0.3, 0.4) is 0 Å². The second kappa shape index (κ2) is 15.3. The molecular weight excluding hydrogens is 787 g/mol. The molecule has 6 N–H and O–H groups in total. The van der Waals surface area contributed by atoms with Gasteiger partial charge >= 0.3 is 35.8 Å². The molecule has 0 spiro atoms. The zero-order chi connectivity index (χ0) is 41.5. The lowest BCUT2D eigenvalue weighted by atomic mass is 9.93. The Balaban J connectivity index is 0.000000160. The van der Waals surface area contributed by atoms with Gasteiger partial charge in [0.25, 0.3) is 11.8 Å². The molecular formula is C40H22Cl2N2O13. The van der Waals surface area contributed by atoms with Gasteiger partial charge in [-0.1, -0.05) is 47.5 Å². The highest BCUT2D eigenvalue weighted by atomic mass is 35.5. The summed E-state index contributed by atoms with van der Waals surface area (Å²) in [5, 5.41) is 38.8. The van der Waals surface area contributed by atoms with E-state index in [2.05, 4.69) is 4.74 Å². The summed E-state index contributed by atoms with van der Waals surface area (Å²) in [6.07, 6.45) is 0. The van der Waals surface area contributed by atoms with Gasteiger partial charge in [0.1, 0.15) is 0 Å². The van der Waals surface area contributed by atoms with E-state index < -0.39 is 47.6 Å². The van der Waals surface area contributed by atoms with Crippen LogP contribution in [0.2, 0.25) is 10.0 Å². The van der Waals surface area contributed by atoms with Crippen LogP contribution in [0.15, 0.2) is 97.1 Å². The summed E-state index contributed by atoms with van der Waals surface area (Å²) in [6, 6.07) is 22.8. The van der Waals surface area contributed by atoms with Crippen LogP contribution in [0.1, 0.15) is 82.9 Å². The number of cyclic esters (lactones) is 2. The summed E-state index contributed by atoms with van der Waals surface area (Å²) in [5.41, 5.74) is 5.54. The van der Waals surface area contributed by atoms with Gasteiger partial charge in [0, 0.05) is 48.4 Å². The second-order valence-electron chi connectivity index (χ2n) is 12.1. The number of carboxylic acids is 4. The Hall–Kier alpha value is -7.62. The number of carbonyl (C=O) groups excluding carboxylic acids is 4. The topological polar surface area (TPSA) is 256 Å². The minimum atomic E-state index is -1.38. The van der Waals surface area contributed by atoms with Crippen molar-refractivity contribution in [3.63, 3.8) is 0 Å². The SMILES string of the molecule is Nc1cc(C(=O)O)cc(C(=O)O)c1.O=C(O)c1cc(C(=O)O)cc(N2C(=O)c3cccc4c(Cl)ccc(c34)C2=O)c1.O=C1OC(=O)c2ccc(Cl)c3cccc1c23. The molecule has 0 bridgehead atoms. The van der Waals surface area contributed by atoms with E-state index in [1.807, 2.05) is 0 Å². The van der Waals surface area contributed by atoms with Gasteiger partial charge in [-0.05, 0) is 72.8 Å². The summed E-state index contributed by atoms with van der Waals surface area (Å²) >= 11 is 12.2. The van der Waals surface area contributed by atoms with Gasteiger partial charge in [-0.25, -0.2) is 33.7 Å². The van der Waals surface area contributed by atoms with Crippen LogP contribution in [-0.2, 0) is 4.74 Å². The van der Waals surface area contributed by atoms with Crippen LogP contribution in [-0.4, -0.2) is 68.1 Å². The lowest BCUT2D eigenvalue weighted by molar-refractivity contribution is 0.0388. The van der Waals surface area contributed by atoms with E-state index in [1.54, 1.807) is 42.5 Å². The smallest absolute Gasteiger partial charge is 0.346 e. The fraction of sp³-hybridized carbons (Fsp3) is 0. The maximum absolute atomic E-state index is 13.1. The number of amides is 2. The molecule has 2 aliphatic rings. The molecule has 0 fully saturated rings. The molecule has 17 heteroatoms. The summed E-state index contributed by atoms with van der Waals surface area (Å²) in [7, 11) is 0. The maximum Gasteiger partial charge on any atom is 0.346 e. The molecule has 0 radical (unpaired) electrons. The number of anilines is 2. The molecule has 0 atom stereocenters. The van der Waals surface area contributed by atoms with Crippen molar-refractivity contribution in [1.82, 2.24) is 0 Å². The first-order valence-corrected chi connectivity index (χ1v) is 16.8. The minimum absolute atomic E-state index is 0.123. The number of aromatic carboxylic acids is 4. The molecule has 2 heterocycles. The highest BCUT2D eigenvalue weighted by molar-refractivity contribution is 6.41. The van der Waals surface area contributed by atoms with E-state index in [4.69, 9.17) is 39.1 Å². The molecule has 0 unspecified atom stereocenters. The van der Waals surface area contributed by atoms with Gasteiger partial charge in [-0.2, -0.15) is 0 Å². The van der Waals surface area contributed by atoms with Crippen molar-refractivity contribution in [2.75, 3.05) is 10.6 Å². The number of carboxylic acid groups (broad SMARTS) is 4. The van der Waals surface area contributed by atoms with Crippen LogP contribution in [0.4, 0.5) is 11.4 Å². The van der Waals surface area contributed by atoms with Crippen LogP contribution in [0, 0.1) is 0 Å². The molecule has 8 rings (SSSR count). The molecule has 2 aliphatic heterocycles. The predicted octanol–water partition coefficient (Wildman–Crippen LogP) is 7.16. The minimum Gasteiger partial charge on any atom is -0.478 e. The van der Waals surface area contributed by atoms with E-state index >= 15 is 0 Å². The largest absolute Gasteiger partial charge is 0.478 e. The Morgan fingerprint density at radius 3 is 1.33 bits per heavy atom. The zero-order valence-corrected chi connectivity index (χ0v) is 30.0. The lowest BCUT2D eigenvalue weighted by Crippen LogP contribution is -2.40.